The first-order valence-electron chi connectivity index (χ1n) is 6.58. The molecule has 1 heterocycles. The third-order valence-corrected chi connectivity index (χ3v) is 3.36. The molecule has 1 aliphatic heterocycles. The minimum atomic E-state index is -0.826. The Morgan fingerprint density at radius 2 is 1.74 bits per heavy atom. The molecule has 7 nitrogen and oxygen atoms in total. The quantitative estimate of drug-likeness (QED) is 0.573. The van der Waals surface area contributed by atoms with Crippen molar-refractivity contribution in [3.05, 3.63) is 0 Å². The van der Waals surface area contributed by atoms with Crippen molar-refractivity contribution in [3.8, 4) is 0 Å². The van der Waals surface area contributed by atoms with Crippen LogP contribution in [0.1, 0.15) is 19.3 Å². The Bertz CT molecular complexity index is 375. The Hall–Kier alpha value is -1.79. The second-order valence-electron chi connectivity index (χ2n) is 5.17. The molecular formula is C12H19N3O4. The monoisotopic (exact) mass is 269 g/mol. The summed E-state index contributed by atoms with van der Waals surface area (Å²) in [5, 5.41) is 14.0. The highest BCUT2D eigenvalue weighted by atomic mass is 16.4. The van der Waals surface area contributed by atoms with Crippen molar-refractivity contribution in [2.45, 2.75) is 19.3 Å². The smallest absolute Gasteiger partial charge is 0.317 e. The van der Waals surface area contributed by atoms with Gasteiger partial charge in [0, 0.05) is 38.0 Å². The number of nitrogens with zero attached hydrogens (tertiary/aromatic N) is 1. The van der Waals surface area contributed by atoms with E-state index in [0.29, 0.717) is 26.2 Å². The number of rotatable bonds is 6. The second-order valence-corrected chi connectivity index (χ2v) is 5.17. The van der Waals surface area contributed by atoms with E-state index in [1.165, 1.54) is 0 Å². The van der Waals surface area contributed by atoms with Crippen LogP contribution < -0.4 is 10.6 Å². The first-order valence-corrected chi connectivity index (χ1v) is 6.58. The van der Waals surface area contributed by atoms with E-state index in [9.17, 15) is 14.4 Å². The molecule has 0 spiro atoms. The van der Waals surface area contributed by atoms with Crippen molar-refractivity contribution in [1.29, 1.82) is 0 Å². The zero-order valence-corrected chi connectivity index (χ0v) is 10.7. The van der Waals surface area contributed by atoms with Crippen LogP contribution in [0.15, 0.2) is 0 Å². The number of urea groups is 1. The van der Waals surface area contributed by atoms with E-state index in [0.717, 1.165) is 12.8 Å². The molecule has 1 saturated carbocycles. The molecule has 0 unspecified atom stereocenters. The zero-order chi connectivity index (χ0) is 13.8. The standard InChI is InChI=1S/C12H19N3O4/c16-10(17)5-8-6-15(7-8)12(19)14-4-3-13-11(18)9-1-2-9/h8-9H,1-7H2,(H,13,18)(H,14,19)(H,16,17). The van der Waals surface area contributed by atoms with E-state index in [1.807, 2.05) is 0 Å². The first-order chi connectivity index (χ1) is 9.06. The molecule has 19 heavy (non-hydrogen) atoms. The van der Waals surface area contributed by atoms with Gasteiger partial charge in [-0.25, -0.2) is 4.79 Å². The summed E-state index contributed by atoms with van der Waals surface area (Å²) in [6.45, 7) is 1.82. The molecule has 2 rings (SSSR count). The van der Waals surface area contributed by atoms with Crippen LogP contribution >= 0.6 is 0 Å². The van der Waals surface area contributed by atoms with Gasteiger partial charge in [0.2, 0.25) is 5.91 Å². The van der Waals surface area contributed by atoms with Crippen LogP contribution in [0.3, 0.4) is 0 Å². The van der Waals surface area contributed by atoms with Crippen LogP contribution in [0, 0.1) is 11.8 Å². The summed E-state index contributed by atoms with van der Waals surface area (Å²) < 4.78 is 0. The van der Waals surface area contributed by atoms with Crippen molar-refractivity contribution in [2.75, 3.05) is 26.2 Å². The first kappa shape index (κ1) is 13.6. The molecule has 0 bridgehead atoms. The molecule has 0 radical (unpaired) electrons. The number of carbonyl (C=O) groups is 3. The highest BCUT2D eigenvalue weighted by molar-refractivity contribution is 5.81. The van der Waals surface area contributed by atoms with Crippen molar-refractivity contribution in [2.24, 2.45) is 11.8 Å². The molecular weight excluding hydrogens is 250 g/mol. The lowest BCUT2D eigenvalue weighted by molar-refractivity contribution is -0.139. The normalized spacial score (nSPS) is 18.6. The Morgan fingerprint density at radius 1 is 1.11 bits per heavy atom. The highest BCUT2D eigenvalue weighted by Crippen LogP contribution is 2.28. The van der Waals surface area contributed by atoms with Crippen LogP contribution in [0.4, 0.5) is 4.79 Å². The highest BCUT2D eigenvalue weighted by Gasteiger charge is 2.32. The summed E-state index contributed by atoms with van der Waals surface area (Å²) >= 11 is 0. The summed E-state index contributed by atoms with van der Waals surface area (Å²) in [6, 6.07) is -0.192. The largest absolute Gasteiger partial charge is 0.481 e. The number of carbonyl (C=O) groups excluding carboxylic acids is 2. The average Bonchev–Trinajstić information content (AvgIpc) is 3.11. The average molecular weight is 269 g/mol. The molecule has 0 atom stereocenters. The number of hydrogen-bond donors (Lipinski definition) is 3. The Kier molecular flexibility index (Phi) is 4.24. The van der Waals surface area contributed by atoms with Gasteiger partial charge >= 0.3 is 12.0 Å². The van der Waals surface area contributed by atoms with Gasteiger partial charge in [0.1, 0.15) is 0 Å². The van der Waals surface area contributed by atoms with Crippen molar-refractivity contribution >= 4 is 17.9 Å². The maximum absolute atomic E-state index is 11.6. The number of nitrogens with one attached hydrogen (secondary N) is 2. The minimum Gasteiger partial charge on any atom is -0.481 e. The Morgan fingerprint density at radius 3 is 2.32 bits per heavy atom. The fourth-order valence-electron chi connectivity index (χ4n) is 2.07. The van der Waals surface area contributed by atoms with Gasteiger partial charge in [-0.05, 0) is 12.8 Å². The van der Waals surface area contributed by atoms with E-state index in [1.54, 1.807) is 4.90 Å². The molecule has 0 aromatic carbocycles. The van der Waals surface area contributed by atoms with Crippen molar-refractivity contribution in [3.63, 3.8) is 0 Å². The molecule has 0 aromatic heterocycles. The van der Waals surface area contributed by atoms with Gasteiger partial charge in [-0.2, -0.15) is 0 Å². The Balaban J connectivity index is 1.51. The molecule has 7 heteroatoms. The van der Waals surface area contributed by atoms with E-state index in [4.69, 9.17) is 5.11 Å². The molecule has 1 aliphatic carbocycles. The maximum Gasteiger partial charge on any atom is 0.317 e. The zero-order valence-electron chi connectivity index (χ0n) is 10.7. The number of carboxylic acids is 1. The third kappa shape index (κ3) is 4.11. The number of hydrogen-bond acceptors (Lipinski definition) is 3. The lowest BCUT2D eigenvalue weighted by Crippen LogP contribution is -2.54. The number of carboxylic acid groups (broad SMARTS) is 1. The van der Waals surface area contributed by atoms with Crippen LogP contribution in [-0.2, 0) is 9.59 Å². The molecule has 3 amide bonds. The van der Waals surface area contributed by atoms with E-state index < -0.39 is 5.97 Å². The van der Waals surface area contributed by atoms with Gasteiger partial charge in [-0.15, -0.1) is 0 Å². The molecule has 2 aliphatic rings. The van der Waals surface area contributed by atoms with Crippen LogP contribution in [0.5, 0.6) is 0 Å². The SMILES string of the molecule is O=C(O)CC1CN(C(=O)NCCNC(=O)C2CC2)C1. The maximum atomic E-state index is 11.6. The predicted molar refractivity (Wildman–Crippen MR) is 66.4 cm³/mol. The van der Waals surface area contributed by atoms with Gasteiger partial charge < -0.3 is 20.6 Å². The summed E-state index contributed by atoms with van der Waals surface area (Å²) in [5.74, 6) is -0.506. The van der Waals surface area contributed by atoms with E-state index in [-0.39, 0.29) is 30.2 Å². The van der Waals surface area contributed by atoms with Gasteiger partial charge in [-0.1, -0.05) is 0 Å². The van der Waals surface area contributed by atoms with E-state index in [2.05, 4.69) is 10.6 Å². The third-order valence-electron chi connectivity index (χ3n) is 3.36. The molecule has 106 valence electrons. The fraction of sp³-hybridized carbons (Fsp3) is 0.750. The van der Waals surface area contributed by atoms with E-state index >= 15 is 0 Å². The lowest BCUT2D eigenvalue weighted by atomic mass is 9.97. The van der Waals surface area contributed by atoms with Crippen molar-refractivity contribution in [1.82, 2.24) is 15.5 Å². The second kappa shape index (κ2) is 5.90. The lowest BCUT2D eigenvalue weighted by Gasteiger charge is -2.38. The number of aliphatic carboxylic acids is 1. The molecule has 3 N–H and O–H groups in total. The number of likely N-dealkylation sites (tertiary alicyclic amines) is 1. The van der Waals surface area contributed by atoms with Crippen LogP contribution in [-0.4, -0.2) is 54.1 Å². The van der Waals surface area contributed by atoms with Crippen LogP contribution in [0.2, 0.25) is 0 Å². The summed E-state index contributed by atoms with van der Waals surface area (Å²) in [7, 11) is 0. The molecule has 1 saturated heterocycles. The summed E-state index contributed by atoms with van der Waals surface area (Å²) in [6.07, 6.45) is 2.05. The van der Waals surface area contributed by atoms with Gasteiger partial charge in [0.15, 0.2) is 0 Å². The van der Waals surface area contributed by atoms with Gasteiger partial charge in [0.05, 0.1) is 6.42 Å². The minimum absolute atomic E-state index is 0.0674. The van der Waals surface area contributed by atoms with Crippen LogP contribution in [0.25, 0.3) is 0 Å². The summed E-state index contributed by atoms with van der Waals surface area (Å²) in [4.78, 5) is 34.9. The Labute approximate surface area is 111 Å². The van der Waals surface area contributed by atoms with Gasteiger partial charge in [0.25, 0.3) is 0 Å². The number of amides is 3. The van der Waals surface area contributed by atoms with Crippen molar-refractivity contribution < 1.29 is 19.5 Å². The fourth-order valence-corrected chi connectivity index (χ4v) is 2.07. The molecule has 0 aromatic rings. The predicted octanol–water partition coefficient (Wildman–Crippen LogP) is -0.371. The topological polar surface area (TPSA) is 98.7 Å². The summed E-state index contributed by atoms with van der Waals surface area (Å²) in [5.41, 5.74) is 0. The van der Waals surface area contributed by atoms with Gasteiger partial charge in [-0.3, -0.25) is 9.59 Å². The molecule has 2 fully saturated rings.